The zero-order chi connectivity index (χ0) is 58.2. The van der Waals surface area contributed by atoms with Crippen LogP contribution in [0.1, 0.15) is 27.8 Å². The Kier molecular flexibility index (Phi) is 12.3. The van der Waals surface area contributed by atoms with Crippen LogP contribution in [-0.2, 0) is 25.7 Å². The first-order chi connectivity index (χ1) is 43.6. The maximum atomic E-state index is 4.59. The quantitative estimate of drug-likeness (QED) is 0.165. The Morgan fingerprint density at radius 2 is 0.705 bits per heavy atom. The SMILES string of the molecule is Cc1ccccc1N1c2ncncc2N2c3ccccc3CC21.c1ccc(N2c3ncncc3N3c4ccccc4CC32)cc1.c1ccc(N2c3ncncc3N3c4ccccc4CC32)nc1.c1csc(N2c3cncnc3N3c4ccccc4CC23)c1. The van der Waals surface area contributed by atoms with Crippen molar-refractivity contribution in [2.24, 2.45) is 0 Å². The Balaban J connectivity index is 0.0000000911. The Morgan fingerprint density at radius 1 is 0.318 bits per heavy atom. The lowest BCUT2D eigenvalue weighted by molar-refractivity contribution is 0.718. The summed E-state index contributed by atoms with van der Waals surface area (Å²) in [7, 11) is 0. The molecule has 6 aromatic heterocycles. The molecule has 18 heteroatoms. The number of thiophene rings is 1. The minimum atomic E-state index is 0.180. The molecule has 4 unspecified atom stereocenters. The van der Waals surface area contributed by atoms with Crippen molar-refractivity contribution >= 4 is 102 Å². The fraction of sp³-hybridized carbons (Fsp3) is 0.129. The van der Waals surface area contributed by atoms with Gasteiger partial charge in [0, 0.05) is 66.0 Å². The number of aromatic nitrogens is 9. The first-order valence-corrected chi connectivity index (χ1v) is 30.4. The van der Waals surface area contributed by atoms with Gasteiger partial charge in [0.15, 0.2) is 23.3 Å². The molecule has 4 atom stereocenters. The fourth-order valence-corrected chi connectivity index (χ4v) is 14.9. The van der Waals surface area contributed by atoms with Gasteiger partial charge >= 0.3 is 0 Å². The lowest BCUT2D eigenvalue weighted by Crippen LogP contribution is -2.36. The highest BCUT2D eigenvalue weighted by molar-refractivity contribution is 7.14. The Bertz CT molecular complexity index is 4400. The van der Waals surface area contributed by atoms with E-state index in [2.05, 4.69) is 254 Å². The van der Waals surface area contributed by atoms with Crippen molar-refractivity contribution in [2.75, 3.05) is 39.2 Å². The van der Waals surface area contributed by atoms with Gasteiger partial charge in [-0.15, -0.1) is 11.3 Å². The molecule has 6 aromatic carbocycles. The van der Waals surface area contributed by atoms with Crippen LogP contribution >= 0.6 is 11.3 Å². The first kappa shape index (κ1) is 51.3. The number of nitrogens with zero attached hydrogens (tertiary/aromatic N) is 17. The summed E-state index contributed by atoms with van der Waals surface area (Å²) in [6, 6.07) is 63.5. The van der Waals surface area contributed by atoms with Gasteiger partial charge in [-0.2, -0.15) is 0 Å². The summed E-state index contributed by atoms with van der Waals surface area (Å²) in [6.07, 6.45) is 20.8. The number of fused-ring (bicyclic) bond motifs is 20. The standard InChI is InChI=1S/C19H16N4.C18H14N4.C17H13N5.C16H12N4S/c1-13-6-2-4-8-15(13)23-18-10-14-7-3-5-9-16(14)22(18)17-11-20-12-21-19(17)23;1-2-7-14(8-3-1)21-17-10-13-6-4-5-9-15(13)22(17)16-11-19-12-20-18(16)21;1-2-6-13-12(5-1)9-16-21(13)14-10-18-11-20-17(14)22(16)15-7-3-4-8-19-15;1-2-5-12-11(4-1)8-14-19(15-6-3-7-21-15)13-9-17-10-18-16(13)20(12)14/h2-9,11-12,18H,10H2,1H3;1-9,11-12,17H,10H2;1-8,10-11,16H,9H2;1-7,9-10,14H,8H2. The Morgan fingerprint density at radius 3 is 1.18 bits per heavy atom. The van der Waals surface area contributed by atoms with E-state index in [0.29, 0.717) is 0 Å². The molecular weight excluding hydrogens is 1110 g/mol. The molecule has 8 aliphatic rings. The topological polar surface area (TPSA) is 142 Å². The number of pyridine rings is 1. The molecule has 0 saturated heterocycles. The van der Waals surface area contributed by atoms with Crippen LogP contribution in [0, 0.1) is 6.92 Å². The molecule has 17 nitrogen and oxygen atoms in total. The van der Waals surface area contributed by atoms with Crippen LogP contribution in [0.3, 0.4) is 0 Å². The molecule has 0 N–H and O–H groups in total. The molecule has 0 radical (unpaired) electrons. The van der Waals surface area contributed by atoms with E-state index in [-0.39, 0.29) is 24.7 Å². The summed E-state index contributed by atoms with van der Waals surface area (Å²) in [4.78, 5) is 58.3. The van der Waals surface area contributed by atoms with Crippen molar-refractivity contribution < 1.29 is 0 Å². The van der Waals surface area contributed by atoms with Crippen molar-refractivity contribution in [2.45, 2.75) is 57.3 Å². The largest absolute Gasteiger partial charge is 0.315 e. The minimum Gasteiger partial charge on any atom is -0.315 e. The highest BCUT2D eigenvalue weighted by Gasteiger charge is 2.48. The highest BCUT2D eigenvalue weighted by Crippen LogP contribution is 2.56. The van der Waals surface area contributed by atoms with Gasteiger partial charge in [0.25, 0.3) is 0 Å². The molecule has 0 aliphatic carbocycles. The lowest BCUT2D eigenvalue weighted by Gasteiger charge is -2.28. The van der Waals surface area contributed by atoms with Crippen LogP contribution in [0.25, 0.3) is 0 Å². The molecule has 20 rings (SSSR count). The predicted molar refractivity (Wildman–Crippen MR) is 347 cm³/mol. The zero-order valence-electron chi connectivity index (χ0n) is 47.7. The summed E-state index contributed by atoms with van der Waals surface area (Å²) in [5.41, 5.74) is 18.5. The van der Waals surface area contributed by atoms with Crippen LogP contribution in [0.5, 0.6) is 0 Å². The van der Waals surface area contributed by atoms with E-state index in [4.69, 9.17) is 0 Å². The average molecular weight is 1170 g/mol. The molecule has 0 saturated carbocycles. The number of anilines is 16. The van der Waals surface area contributed by atoms with Gasteiger partial charge in [0.05, 0.1) is 29.8 Å². The van der Waals surface area contributed by atoms with E-state index in [1.807, 2.05) is 55.2 Å². The fourth-order valence-electron chi connectivity index (χ4n) is 14.1. The van der Waals surface area contributed by atoms with E-state index < -0.39 is 0 Å². The third-order valence-electron chi connectivity index (χ3n) is 17.7. The average Bonchev–Trinajstić information content (AvgIpc) is 1.83. The second kappa shape index (κ2) is 21.1. The van der Waals surface area contributed by atoms with Gasteiger partial charge < -0.3 is 34.3 Å². The second-order valence-corrected chi connectivity index (χ2v) is 23.3. The van der Waals surface area contributed by atoms with Crippen LogP contribution in [0.15, 0.2) is 244 Å². The summed E-state index contributed by atoms with van der Waals surface area (Å²) < 4.78 is 0. The first-order valence-electron chi connectivity index (χ1n) is 29.6. The number of hydrogen-bond acceptors (Lipinski definition) is 18. The number of benzene rings is 6. The normalized spacial score (nSPS) is 18.1. The van der Waals surface area contributed by atoms with Crippen LogP contribution < -0.4 is 39.2 Å². The summed E-state index contributed by atoms with van der Waals surface area (Å²) in [5, 5.41) is 3.36. The van der Waals surface area contributed by atoms with Gasteiger partial charge in [-0.25, -0.2) is 44.9 Å². The maximum absolute atomic E-state index is 4.59. The van der Waals surface area contributed by atoms with E-state index in [1.54, 1.807) is 36.6 Å². The monoisotopic (exact) mass is 1170 g/mol. The Labute approximate surface area is 512 Å². The molecule has 88 heavy (non-hydrogen) atoms. The number of para-hydroxylation sites is 6. The van der Waals surface area contributed by atoms with E-state index in [9.17, 15) is 0 Å². The molecule has 0 spiro atoms. The smallest absolute Gasteiger partial charge is 0.163 e. The minimum absolute atomic E-state index is 0.180. The second-order valence-electron chi connectivity index (χ2n) is 22.4. The maximum Gasteiger partial charge on any atom is 0.163 e. The van der Waals surface area contributed by atoms with Gasteiger partial charge in [-0.05, 0) is 107 Å². The molecule has 0 amide bonds. The Hall–Kier alpha value is -11.1. The van der Waals surface area contributed by atoms with Gasteiger partial charge in [0.2, 0.25) is 0 Å². The van der Waals surface area contributed by atoms with Crippen molar-refractivity contribution in [3.8, 4) is 0 Å². The van der Waals surface area contributed by atoms with Gasteiger partial charge in [-0.3, -0.25) is 4.90 Å². The van der Waals surface area contributed by atoms with Gasteiger partial charge in [-0.1, -0.05) is 115 Å². The third-order valence-corrected chi connectivity index (χ3v) is 18.6. The van der Waals surface area contributed by atoms with Crippen LogP contribution in [-0.4, -0.2) is 69.5 Å². The number of hydrogen-bond donors (Lipinski definition) is 0. The third kappa shape index (κ3) is 8.23. The number of aryl methyl sites for hydroxylation is 1. The van der Waals surface area contributed by atoms with E-state index in [1.165, 1.54) is 66.9 Å². The van der Waals surface area contributed by atoms with Crippen molar-refractivity contribution in [3.63, 3.8) is 0 Å². The number of rotatable bonds is 4. The molecule has 14 heterocycles. The molecular formula is C70H55N17S. The van der Waals surface area contributed by atoms with Crippen LogP contribution in [0.4, 0.5) is 91.0 Å². The highest BCUT2D eigenvalue weighted by atomic mass is 32.1. The summed E-state index contributed by atoms with van der Waals surface area (Å²) >= 11 is 1.76. The zero-order valence-corrected chi connectivity index (χ0v) is 48.6. The molecule has 426 valence electrons. The summed E-state index contributed by atoms with van der Waals surface area (Å²) in [5.74, 6) is 4.83. The molecule has 0 fully saturated rings. The van der Waals surface area contributed by atoms with E-state index in [0.717, 1.165) is 77.5 Å². The van der Waals surface area contributed by atoms with Crippen LogP contribution in [0.2, 0.25) is 0 Å². The molecule has 12 aromatic rings. The van der Waals surface area contributed by atoms with E-state index >= 15 is 0 Å². The molecule has 0 bridgehead atoms. The van der Waals surface area contributed by atoms with Crippen molar-refractivity contribution in [1.82, 2.24) is 44.9 Å². The van der Waals surface area contributed by atoms with Gasteiger partial charge in [0.1, 0.15) is 78.5 Å². The van der Waals surface area contributed by atoms with Crippen molar-refractivity contribution in [3.05, 3.63) is 271 Å². The lowest BCUT2D eigenvalue weighted by atomic mass is 10.1. The van der Waals surface area contributed by atoms with Crippen molar-refractivity contribution in [1.29, 1.82) is 0 Å². The molecule has 8 aliphatic heterocycles. The predicted octanol–water partition coefficient (Wildman–Crippen LogP) is 14.4. The summed E-state index contributed by atoms with van der Waals surface area (Å²) in [6.45, 7) is 2.15.